The van der Waals surface area contributed by atoms with Crippen molar-refractivity contribution in [1.29, 1.82) is 0 Å². The molecule has 0 aliphatic heterocycles. The molecule has 2 aromatic heterocycles. The van der Waals surface area contributed by atoms with Crippen LogP contribution in [0, 0.1) is 0 Å². The van der Waals surface area contributed by atoms with Crippen molar-refractivity contribution >= 4 is 55.3 Å². The second-order valence-electron chi connectivity index (χ2n) is 9.89. The highest BCUT2D eigenvalue weighted by Gasteiger charge is 2.16. The van der Waals surface area contributed by atoms with Gasteiger partial charge < -0.3 is 8.98 Å². The van der Waals surface area contributed by atoms with Crippen LogP contribution in [0.2, 0.25) is 5.02 Å². The van der Waals surface area contributed by atoms with Crippen molar-refractivity contribution in [1.82, 2.24) is 4.57 Å². The monoisotopic (exact) mass is 519 g/mol. The molecular formula is C36H22ClNO. The second-order valence-corrected chi connectivity index (χ2v) is 10.3. The van der Waals surface area contributed by atoms with E-state index in [0.717, 1.165) is 54.9 Å². The lowest BCUT2D eigenvalue weighted by atomic mass is 9.97. The van der Waals surface area contributed by atoms with Crippen molar-refractivity contribution in [3.05, 3.63) is 138 Å². The van der Waals surface area contributed by atoms with Crippen LogP contribution in [0.15, 0.2) is 138 Å². The van der Waals surface area contributed by atoms with E-state index in [1.54, 1.807) is 0 Å². The molecule has 0 atom stereocenters. The fraction of sp³-hybridized carbons (Fsp3) is 0. The number of halogens is 1. The number of hydrogen-bond acceptors (Lipinski definition) is 1. The number of fused-ring (bicyclic) bond motifs is 6. The Morgan fingerprint density at radius 2 is 1.21 bits per heavy atom. The molecule has 2 heterocycles. The smallest absolute Gasteiger partial charge is 0.136 e. The number of para-hydroxylation sites is 2. The van der Waals surface area contributed by atoms with E-state index in [-0.39, 0.29) is 0 Å². The molecule has 2 nitrogen and oxygen atoms in total. The first-order chi connectivity index (χ1) is 19.3. The third-order valence-corrected chi connectivity index (χ3v) is 8.01. The Hall–Kier alpha value is -4.79. The van der Waals surface area contributed by atoms with Crippen molar-refractivity contribution in [2.75, 3.05) is 0 Å². The molecule has 0 saturated carbocycles. The molecule has 0 N–H and O–H groups in total. The lowest BCUT2D eigenvalue weighted by Crippen LogP contribution is -1.93. The summed E-state index contributed by atoms with van der Waals surface area (Å²) < 4.78 is 8.64. The number of nitrogens with zero attached hydrogens (tertiary/aromatic N) is 1. The van der Waals surface area contributed by atoms with Crippen LogP contribution >= 0.6 is 11.6 Å². The summed E-state index contributed by atoms with van der Waals surface area (Å²) in [5.74, 6) is 0. The first-order valence-electron chi connectivity index (χ1n) is 13.1. The quantitative estimate of drug-likeness (QED) is 0.227. The van der Waals surface area contributed by atoms with Gasteiger partial charge in [-0.1, -0.05) is 96.5 Å². The maximum atomic E-state index is 6.63. The predicted molar refractivity (Wildman–Crippen MR) is 164 cm³/mol. The van der Waals surface area contributed by atoms with Crippen molar-refractivity contribution in [3.8, 4) is 27.9 Å². The molecule has 6 aromatic carbocycles. The van der Waals surface area contributed by atoms with Gasteiger partial charge in [0.2, 0.25) is 0 Å². The molecular weight excluding hydrogens is 498 g/mol. The molecule has 0 spiro atoms. The molecule has 0 radical (unpaired) electrons. The minimum Gasteiger partial charge on any atom is -0.456 e. The Morgan fingerprint density at radius 1 is 0.487 bits per heavy atom. The number of hydrogen-bond donors (Lipinski definition) is 0. The molecule has 0 aliphatic rings. The second kappa shape index (κ2) is 8.62. The van der Waals surface area contributed by atoms with Crippen LogP contribution in [0.1, 0.15) is 0 Å². The third-order valence-electron chi connectivity index (χ3n) is 7.68. The Bertz CT molecular complexity index is 2190. The minimum atomic E-state index is 0.731. The Morgan fingerprint density at radius 3 is 2.10 bits per heavy atom. The van der Waals surface area contributed by atoms with Gasteiger partial charge in [0.05, 0.1) is 11.0 Å². The summed E-state index contributed by atoms with van der Waals surface area (Å²) in [7, 11) is 0. The summed E-state index contributed by atoms with van der Waals surface area (Å²) in [6.45, 7) is 0. The predicted octanol–water partition coefficient (Wildman–Crippen LogP) is 10.7. The summed E-state index contributed by atoms with van der Waals surface area (Å²) in [6, 6.07) is 46.6. The standard InChI is InChI=1S/C36H22ClNO/c37-31-14-6-4-11-26(31)29-13-8-16-35-36(29)30-21-23(18-20-34(30)39-35)24-17-19-28-27-12-5-7-15-32(27)38(33(28)22-24)25-9-2-1-3-10-25/h1-22H. The SMILES string of the molecule is Clc1ccccc1-c1cccc2oc3ccc(-c4ccc5c6ccccc6n(-c6ccccc6)c5c4)cc3c12. The Kier molecular flexibility index (Phi) is 4.91. The molecule has 3 heteroatoms. The van der Waals surface area contributed by atoms with E-state index in [1.807, 2.05) is 30.3 Å². The highest BCUT2D eigenvalue weighted by atomic mass is 35.5. The molecule has 8 aromatic rings. The summed E-state index contributed by atoms with van der Waals surface area (Å²) >= 11 is 6.63. The van der Waals surface area contributed by atoms with Crippen LogP contribution in [-0.2, 0) is 0 Å². The summed E-state index contributed by atoms with van der Waals surface area (Å²) in [4.78, 5) is 0. The highest BCUT2D eigenvalue weighted by Crippen LogP contribution is 2.41. The van der Waals surface area contributed by atoms with Crippen LogP contribution < -0.4 is 0 Å². The highest BCUT2D eigenvalue weighted by molar-refractivity contribution is 6.34. The number of furan rings is 1. The van der Waals surface area contributed by atoms with Crippen molar-refractivity contribution < 1.29 is 4.42 Å². The lowest BCUT2D eigenvalue weighted by Gasteiger charge is -2.09. The van der Waals surface area contributed by atoms with E-state index < -0.39 is 0 Å². The van der Waals surface area contributed by atoms with Crippen LogP contribution in [0.25, 0.3) is 71.7 Å². The van der Waals surface area contributed by atoms with Gasteiger partial charge in [0.1, 0.15) is 11.2 Å². The lowest BCUT2D eigenvalue weighted by molar-refractivity contribution is 0.669. The van der Waals surface area contributed by atoms with E-state index in [0.29, 0.717) is 0 Å². The molecule has 0 bridgehead atoms. The topological polar surface area (TPSA) is 18.1 Å². The van der Waals surface area contributed by atoms with Gasteiger partial charge in [0, 0.05) is 37.8 Å². The van der Waals surface area contributed by atoms with Gasteiger partial charge in [-0.3, -0.25) is 0 Å². The van der Waals surface area contributed by atoms with E-state index in [9.17, 15) is 0 Å². The summed E-state index contributed by atoms with van der Waals surface area (Å²) in [6.07, 6.45) is 0. The summed E-state index contributed by atoms with van der Waals surface area (Å²) in [5.41, 5.74) is 9.67. The number of rotatable bonds is 3. The Labute approximate surface area is 230 Å². The number of benzene rings is 6. The number of aromatic nitrogens is 1. The molecule has 0 unspecified atom stereocenters. The van der Waals surface area contributed by atoms with Gasteiger partial charge in [-0.2, -0.15) is 0 Å². The van der Waals surface area contributed by atoms with Gasteiger partial charge in [-0.15, -0.1) is 0 Å². The van der Waals surface area contributed by atoms with E-state index >= 15 is 0 Å². The fourth-order valence-electron chi connectivity index (χ4n) is 5.92. The van der Waals surface area contributed by atoms with Crippen molar-refractivity contribution in [2.45, 2.75) is 0 Å². The third kappa shape index (κ3) is 3.42. The maximum absolute atomic E-state index is 6.63. The van der Waals surface area contributed by atoms with Crippen molar-refractivity contribution in [3.63, 3.8) is 0 Å². The average molecular weight is 520 g/mol. The molecule has 8 rings (SSSR count). The largest absolute Gasteiger partial charge is 0.456 e. The molecule has 0 aliphatic carbocycles. The van der Waals surface area contributed by atoms with Crippen LogP contribution in [0.3, 0.4) is 0 Å². The minimum absolute atomic E-state index is 0.731. The van der Waals surface area contributed by atoms with Crippen molar-refractivity contribution in [2.24, 2.45) is 0 Å². The van der Waals surface area contributed by atoms with E-state index in [4.69, 9.17) is 16.0 Å². The molecule has 184 valence electrons. The van der Waals surface area contributed by atoms with E-state index in [1.165, 1.54) is 21.8 Å². The normalized spacial score (nSPS) is 11.7. The zero-order valence-corrected chi connectivity index (χ0v) is 21.7. The van der Waals surface area contributed by atoms with E-state index in [2.05, 4.69) is 108 Å². The fourth-order valence-corrected chi connectivity index (χ4v) is 6.15. The van der Waals surface area contributed by atoms with Crippen LogP contribution in [0.5, 0.6) is 0 Å². The molecule has 39 heavy (non-hydrogen) atoms. The van der Waals surface area contributed by atoms with Crippen LogP contribution in [0.4, 0.5) is 0 Å². The zero-order chi connectivity index (χ0) is 25.9. The molecule has 0 amide bonds. The summed E-state index contributed by atoms with van der Waals surface area (Å²) in [5, 5.41) is 5.40. The van der Waals surface area contributed by atoms with Gasteiger partial charge in [0.25, 0.3) is 0 Å². The van der Waals surface area contributed by atoms with Gasteiger partial charge in [-0.25, -0.2) is 0 Å². The van der Waals surface area contributed by atoms with Gasteiger partial charge in [-0.05, 0) is 65.2 Å². The first-order valence-corrected chi connectivity index (χ1v) is 13.4. The van der Waals surface area contributed by atoms with Gasteiger partial charge >= 0.3 is 0 Å². The first kappa shape index (κ1) is 22.2. The van der Waals surface area contributed by atoms with Gasteiger partial charge in [0.15, 0.2) is 0 Å². The molecule has 0 saturated heterocycles. The zero-order valence-electron chi connectivity index (χ0n) is 20.9. The maximum Gasteiger partial charge on any atom is 0.136 e. The van der Waals surface area contributed by atoms with Crippen LogP contribution in [-0.4, -0.2) is 4.57 Å². The average Bonchev–Trinajstić information content (AvgIpc) is 3.53. The Balaban J connectivity index is 1.38. The molecule has 0 fully saturated rings.